The summed E-state index contributed by atoms with van der Waals surface area (Å²) in [5.41, 5.74) is 0.602. The van der Waals surface area contributed by atoms with Gasteiger partial charge in [-0.1, -0.05) is 18.2 Å². The zero-order chi connectivity index (χ0) is 25.3. The normalized spacial score (nSPS) is 12.7. The Bertz CT molecular complexity index is 1130. The number of rotatable bonds is 12. The lowest BCUT2D eigenvalue weighted by Crippen LogP contribution is -2.39. The number of ether oxygens (including phenoxy) is 2. The van der Waals surface area contributed by atoms with Crippen LogP contribution in [-0.2, 0) is 22.7 Å². The van der Waals surface area contributed by atoms with Crippen molar-refractivity contribution in [2.45, 2.75) is 38.4 Å². The second-order valence-corrected chi connectivity index (χ2v) is 10.2. The number of carboxylic acids is 1. The van der Waals surface area contributed by atoms with E-state index in [1.54, 1.807) is 40.9 Å². The van der Waals surface area contributed by atoms with Crippen LogP contribution in [0.2, 0.25) is 0 Å². The van der Waals surface area contributed by atoms with Crippen LogP contribution in [0.4, 0.5) is 4.79 Å². The van der Waals surface area contributed by atoms with Crippen molar-refractivity contribution in [1.29, 1.82) is 0 Å². The molecule has 1 unspecified atom stereocenters. The number of urea groups is 1. The van der Waals surface area contributed by atoms with Gasteiger partial charge in [-0.2, -0.15) is 0 Å². The van der Waals surface area contributed by atoms with E-state index in [2.05, 4.69) is 10.6 Å². The summed E-state index contributed by atoms with van der Waals surface area (Å²) in [5.74, 6) is 0.0654. The Balaban J connectivity index is 1.26. The van der Waals surface area contributed by atoms with Crippen LogP contribution in [0, 0.1) is 0 Å². The summed E-state index contributed by atoms with van der Waals surface area (Å²) < 4.78 is 10.6. The number of aliphatic carboxylic acids is 1. The molecule has 0 aliphatic carbocycles. The number of carbonyl (C=O) groups excluding carboxylic acids is 2. The maximum atomic E-state index is 12.9. The average molecular weight is 530 g/mol. The largest absolute Gasteiger partial charge is 0.481 e. The molecular formula is C25H27N3O6S2. The van der Waals surface area contributed by atoms with Gasteiger partial charge in [0.25, 0.3) is 0 Å². The van der Waals surface area contributed by atoms with Gasteiger partial charge in [0.1, 0.15) is 0 Å². The Morgan fingerprint density at radius 3 is 2.33 bits per heavy atom. The number of thiophene rings is 2. The molecule has 0 spiro atoms. The first-order valence-electron chi connectivity index (χ1n) is 11.5. The summed E-state index contributed by atoms with van der Waals surface area (Å²) in [7, 11) is 0. The van der Waals surface area contributed by atoms with Gasteiger partial charge in [-0.25, -0.2) is 4.79 Å². The maximum Gasteiger partial charge on any atom is 0.315 e. The molecule has 3 heterocycles. The van der Waals surface area contributed by atoms with Gasteiger partial charge in [0.15, 0.2) is 11.5 Å². The summed E-state index contributed by atoms with van der Waals surface area (Å²) in [6.45, 7) is 1.49. The maximum absolute atomic E-state index is 12.9. The molecule has 0 saturated heterocycles. The SMILES string of the molecule is O=C(O)CC(NC(=O)NCCCC(=O)N(Cc1cccs1)Cc1cccs1)c1ccc2c(c1)OCO2. The van der Waals surface area contributed by atoms with Gasteiger partial charge in [-0.3, -0.25) is 9.59 Å². The highest BCUT2D eigenvalue weighted by Gasteiger charge is 2.22. The number of nitrogens with one attached hydrogen (secondary N) is 2. The molecule has 1 aliphatic heterocycles. The first kappa shape index (κ1) is 25.5. The minimum atomic E-state index is -1.04. The Morgan fingerprint density at radius 1 is 1.00 bits per heavy atom. The molecule has 190 valence electrons. The zero-order valence-electron chi connectivity index (χ0n) is 19.5. The highest BCUT2D eigenvalue weighted by atomic mass is 32.1. The van der Waals surface area contributed by atoms with E-state index in [1.807, 2.05) is 39.9 Å². The molecule has 0 saturated carbocycles. The van der Waals surface area contributed by atoms with Crippen LogP contribution in [0.25, 0.3) is 0 Å². The van der Waals surface area contributed by atoms with Crippen LogP contribution in [0.1, 0.15) is 40.6 Å². The topological polar surface area (TPSA) is 117 Å². The fourth-order valence-corrected chi connectivity index (χ4v) is 5.22. The summed E-state index contributed by atoms with van der Waals surface area (Å²) in [5, 5.41) is 18.7. The van der Waals surface area contributed by atoms with Crippen molar-refractivity contribution in [3.63, 3.8) is 0 Å². The molecule has 11 heteroatoms. The number of hydrogen-bond donors (Lipinski definition) is 3. The Labute approximate surface area is 216 Å². The lowest BCUT2D eigenvalue weighted by atomic mass is 10.0. The zero-order valence-corrected chi connectivity index (χ0v) is 21.1. The minimum Gasteiger partial charge on any atom is -0.481 e. The van der Waals surface area contributed by atoms with Gasteiger partial charge in [0.05, 0.1) is 25.6 Å². The van der Waals surface area contributed by atoms with Crippen LogP contribution in [-0.4, -0.2) is 41.3 Å². The third-order valence-electron chi connectivity index (χ3n) is 5.54. The number of nitrogens with zero attached hydrogens (tertiary/aromatic N) is 1. The quantitative estimate of drug-likeness (QED) is 0.300. The van der Waals surface area contributed by atoms with E-state index in [0.717, 1.165) is 9.75 Å². The van der Waals surface area contributed by atoms with E-state index in [-0.39, 0.29) is 32.1 Å². The van der Waals surface area contributed by atoms with Gasteiger partial charge in [0.2, 0.25) is 12.7 Å². The number of amides is 3. The van der Waals surface area contributed by atoms with Crippen molar-refractivity contribution in [2.75, 3.05) is 13.3 Å². The second-order valence-electron chi connectivity index (χ2n) is 8.18. The second kappa shape index (κ2) is 12.4. The molecule has 0 bridgehead atoms. The van der Waals surface area contributed by atoms with Crippen molar-refractivity contribution < 1.29 is 29.0 Å². The predicted molar refractivity (Wildman–Crippen MR) is 136 cm³/mol. The first-order chi connectivity index (χ1) is 17.5. The minimum absolute atomic E-state index is 0.0168. The lowest BCUT2D eigenvalue weighted by Gasteiger charge is -2.22. The summed E-state index contributed by atoms with van der Waals surface area (Å²) in [6.07, 6.45) is 0.467. The number of benzene rings is 1. The molecule has 0 fully saturated rings. The third-order valence-corrected chi connectivity index (χ3v) is 7.26. The summed E-state index contributed by atoms with van der Waals surface area (Å²) in [6, 6.07) is 11.8. The molecule has 3 aromatic rings. The predicted octanol–water partition coefficient (Wildman–Crippen LogP) is 4.36. The van der Waals surface area contributed by atoms with Gasteiger partial charge < -0.3 is 30.1 Å². The fraction of sp³-hybridized carbons (Fsp3) is 0.320. The Morgan fingerprint density at radius 2 is 1.69 bits per heavy atom. The van der Waals surface area contributed by atoms with Crippen LogP contribution in [0.15, 0.2) is 53.2 Å². The van der Waals surface area contributed by atoms with Crippen LogP contribution in [0.5, 0.6) is 11.5 Å². The van der Waals surface area contributed by atoms with Gasteiger partial charge in [0, 0.05) is 22.7 Å². The molecule has 2 aromatic heterocycles. The van der Waals surface area contributed by atoms with E-state index in [4.69, 9.17) is 9.47 Å². The molecule has 3 amide bonds. The summed E-state index contributed by atoms with van der Waals surface area (Å²) in [4.78, 5) is 40.8. The average Bonchev–Trinajstić information content (AvgIpc) is 3.63. The number of carbonyl (C=O) groups is 3. The molecule has 1 aliphatic rings. The van der Waals surface area contributed by atoms with Crippen molar-refractivity contribution in [3.05, 3.63) is 68.5 Å². The Kier molecular flexibility index (Phi) is 8.80. The van der Waals surface area contributed by atoms with Crippen molar-refractivity contribution >= 4 is 40.6 Å². The van der Waals surface area contributed by atoms with Crippen molar-refractivity contribution in [2.24, 2.45) is 0 Å². The van der Waals surface area contributed by atoms with Gasteiger partial charge in [-0.05, 0) is 47.0 Å². The monoisotopic (exact) mass is 529 g/mol. The van der Waals surface area contributed by atoms with E-state index >= 15 is 0 Å². The van der Waals surface area contributed by atoms with Gasteiger partial charge in [-0.15, -0.1) is 22.7 Å². The number of carboxylic acid groups (broad SMARTS) is 1. The van der Waals surface area contributed by atoms with Crippen molar-refractivity contribution in [3.8, 4) is 11.5 Å². The molecule has 9 nitrogen and oxygen atoms in total. The lowest BCUT2D eigenvalue weighted by molar-refractivity contribution is -0.137. The number of hydrogen-bond acceptors (Lipinski definition) is 7. The standard InChI is InChI=1S/C25H27N3O6S2/c29-23(28(14-18-4-2-10-35-18)15-19-5-3-11-36-19)6-1-9-26-25(32)27-20(13-24(30)31)17-7-8-21-22(12-17)34-16-33-21/h2-5,7-8,10-12,20H,1,6,9,13-16H2,(H,30,31)(H2,26,27,32). The van der Waals surface area contributed by atoms with Crippen LogP contribution < -0.4 is 20.1 Å². The highest BCUT2D eigenvalue weighted by molar-refractivity contribution is 7.10. The van der Waals surface area contributed by atoms with Crippen LogP contribution >= 0.6 is 22.7 Å². The van der Waals surface area contributed by atoms with E-state index in [1.165, 1.54) is 0 Å². The van der Waals surface area contributed by atoms with Crippen LogP contribution in [0.3, 0.4) is 0 Å². The molecule has 4 rings (SSSR count). The highest BCUT2D eigenvalue weighted by Crippen LogP contribution is 2.34. The van der Waals surface area contributed by atoms with E-state index < -0.39 is 18.0 Å². The third kappa shape index (κ3) is 7.22. The molecule has 36 heavy (non-hydrogen) atoms. The molecule has 1 atom stereocenters. The van der Waals surface area contributed by atoms with Gasteiger partial charge >= 0.3 is 12.0 Å². The first-order valence-corrected chi connectivity index (χ1v) is 13.2. The molecular weight excluding hydrogens is 502 g/mol. The number of fused-ring (bicyclic) bond motifs is 1. The Hall–Kier alpha value is -3.57. The fourth-order valence-electron chi connectivity index (χ4n) is 3.78. The van der Waals surface area contributed by atoms with E-state index in [9.17, 15) is 19.5 Å². The molecule has 0 radical (unpaired) electrons. The van der Waals surface area contributed by atoms with E-state index in [0.29, 0.717) is 36.6 Å². The van der Waals surface area contributed by atoms with Crippen molar-refractivity contribution in [1.82, 2.24) is 15.5 Å². The summed E-state index contributed by atoms with van der Waals surface area (Å²) >= 11 is 3.23. The smallest absolute Gasteiger partial charge is 0.315 e. The molecule has 1 aromatic carbocycles. The molecule has 3 N–H and O–H groups in total.